The van der Waals surface area contributed by atoms with Crippen LogP contribution in [0.3, 0.4) is 0 Å². The molecule has 0 unspecified atom stereocenters. The van der Waals surface area contributed by atoms with Crippen molar-refractivity contribution >= 4 is 40.1 Å². The summed E-state index contributed by atoms with van der Waals surface area (Å²) >= 11 is 0. The van der Waals surface area contributed by atoms with Gasteiger partial charge in [-0.3, -0.25) is 0 Å². The smallest absolute Gasteiger partial charge is 0.229 e. The van der Waals surface area contributed by atoms with Gasteiger partial charge in [-0.1, -0.05) is 6.07 Å². The number of aromatic nitrogens is 5. The van der Waals surface area contributed by atoms with Gasteiger partial charge in [0.2, 0.25) is 5.95 Å². The molecule has 174 valence electrons. The maximum absolute atomic E-state index is 5.46. The van der Waals surface area contributed by atoms with E-state index in [1.165, 1.54) is 5.69 Å². The van der Waals surface area contributed by atoms with Crippen LogP contribution in [0.4, 0.5) is 29.0 Å². The zero-order valence-corrected chi connectivity index (χ0v) is 18.9. The van der Waals surface area contributed by atoms with Crippen molar-refractivity contribution in [2.24, 2.45) is 0 Å². The van der Waals surface area contributed by atoms with E-state index in [4.69, 9.17) is 14.7 Å². The molecule has 6 rings (SSSR count). The summed E-state index contributed by atoms with van der Waals surface area (Å²) in [6.45, 7) is 6.76. The minimum absolute atomic E-state index is 0.657. The highest BCUT2D eigenvalue weighted by molar-refractivity contribution is 5.86. The Bertz CT molecular complexity index is 1230. The summed E-state index contributed by atoms with van der Waals surface area (Å²) in [7, 11) is 0. The average molecular weight is 458 g/mol. The average Bonchev–Trinajstić information content (AvgIpc) is 3.40. The highest BCUT2D eigenvalue weighted by atomic mass is 16.5. The zero-order chi connectivity index (χ0) is 22.7. The Morgan fingerprint density at radius 2 is 1.59 bits per heavy atom. The molecule has 2 aliphatic rings. The van der Waals surface area contributed by atoms with E-state index in [2.05, 4.69) is 59.2 Å². The normalized spacial score (nSPS) is 16.8. The maximum atomic E-state index is 5.46. The van der Waals surface area contributed by atoms with Crippen LogP contribution in [-0.2, 0) is 4.74 Å². The predicted molar refractivity (Wildman–Crippen MR) is 133 cm³/mol. The van der Waals surface area contributed by atoms with Crippen molar-refractivity contribution in [1.29, 1.82) is 0 Å². The Morgan fingerprint density at radius 3 is 2.35 bits per heavy atom. The highest BCUT2D eigenvalue weighted by Gasteiger charge is 2.22. The van der Waals surface area contributed by atoms with E-state index in [1.807, 2.05) is 24.4 Å². The molecule has 2 aliphatic heterocycles. The second-order valence-corrected chi connectivity index (χ2v) is 8.41. The van der Waals surface area contributed by atoms with Gasteiger partial charge in [0.15, 0.2) is 11.5 Å². The predicted octanol–water partition coefficient (Wildman–Crippen LogP) is 2.65. The highest BCUT2D eigenvalue weighted by Crippen LogP contribution is 2.27. The molecule has 3 aromatic heterocycles. The van der Waals surface area contributed by atoms with E-state index in [1.54, 1.807) is 6.33 Å². The Kier molecular flexibility index (Phi) is 5.56. The lowest BCUT2D eigenvalue weighted by molar-refractivity contribution is 0.122. The molecule has 0 radical (unpaired) electrons. The molecular formula is C24H27N9O. The first-order valence-corrected chi connectivity index (χ1v) is 11.7. The van der Waals surface area contributed by atoms with Crippen LogP contribution in [0.25, 0.3) is 11.2 Å². The van der Waals surface area contributed by atoms with Gasteiger partial charge in [0.1, 0.15) is 11.3 Å². The van der Waals surface area contributed by atoms with E-state index in [0.29, 0.717) is 11.6 Å². The number of hydrogen-bond acceptors (Lipinski definition) is 9. The molecule has 1 aromatic carbocycles. The fraction of sp³-hybridized carbons (Fsp3) is 0.333. The molecule has 4 aromatic rings. The number of benzene rings is 1. The third kappa shape index (κ3) is 4.19. The number of morpholine rings is 1. The third-order valence-corrected chi connectivity index (χ3v) is 6.32. The van der Waals surface area contributed by atoms with E-state index in [9.17, 15) is 0 Å². The Morgan fingerprint density at radius 1 is 0.794 bits per heavy atom. The van der Waals surface area contributed by atoms with Gasteiger partial charge >= 0.3 is 0 Å². The summed E-state index contributed by atoms with van der Waals surface area (Å²) in [5, 5.41) is 3.46. The van der Waals surface area contributed by atoms with Crippen LogP contribution >= 0.6 is 0 Å². The lowest BCUT2D eigenvalue weighted by atomic mass is 10.2. The van der Waals surface area contributed by atoms with E-state index < -0.39 is 0 Å². The van der Waals surface area contributed by atoms with Crippen LogP contribution in [0.5, 0.6) is 0 Å². The van der Waals surface area contributed by atoms with Gasteiger partial charge in [0, 0.05) is 56.8 Å². The third-order valence-electron chi connectivity index (χ3n) is 6.32. The quantitative estimate of drug-likeness (QED) is 0.469. The number of hydrogen-bond donors (Lipinski definition) is 2. The summed E-state index contributed by atoms with van der Waals surface area (Å²) < 4.78 is 5.46. The number of fused-ring (bicyclic) bond motifs is 1. The lowest BCUT2D eigenvalue weighted by Crippen LogP contribution is -2.47. The fourth-order valence-corrected chi connectivity index (χ4v) is 4.44. The number of aromatic amines is 1. The summed E-state index contributed by atoms with van der Waals surface area (Å²) in [5.74, 6) is 2.42. The first kappa shape index (κ1) is 20.7. The second-order valence-electron chi connectivity index (χ2n) is 8.41. The van der Waals surface area contributed by atoms with Crippen LogP contribution in [0.1, 0.15) is 0 Å². The number of ether oxygens (including phenoxy) is 1. The molecule has 34 heavy (non-hydrogen) atoms. The maximum Gasteiger partial charge on any atom is 0.229 e. The van der Waals surface area contributed by atoms with Crippen molar-refractivity contribution in [3.05, 3.63) is 55.0 Å². The molecule has 10 nitrogen and oxygen atoms in total. The topological polar surface area (TPSA) is 98.3 Å². The van der Waals surface area contributed by atoms with Crippen molar-refractivity contribution in [2.45, 2.75) is 0 Å². The van der Waals surface area contributed by atoms with Crippen molar-refractivity contribution in [1.82, 2.24) is 24.9 Å². The lowest BCUT2D eigenvalue weighted by Gasteiger charge is -2.35. The van der Waals surface area contributed by atoms with Gasteiger partial charge in [0.25, 0.3) is 0 Å². The van der Waals surface area contributed by atoms with Crippen LogP contribution in [0, 0.1) is 0 Å². The van der Waals surface area contributed by atoms with Gasteiger partial charge in [-0.15, -0.1) is 0 Å². The minimum Gasteiger partial charge on any atom is -0.378 e. The molecule has 0 bridgehead atoms. The SMILES string of the molecule is c1ccc(N2CCN(c3nc(Nc4ccc(N5CCOCC5)cc4)c4[nH]cnc4n3)CC2)nc1. The Balaban J connectivity index is 1.20. The summed E-state index contributed by atoms with van der Waals surface area (Å²) in [4.78, 5) is 28.5. The molecule has 0 saturated carbocycles. The van der Waals surface area contributed by atoms with Crippen LogP contribution in [-0.4, -0.2) is 77.4 Å². The Hall–Kier alpha value is -3.92. The van der Waals surface area contributed by atoms with Gasteiger partial charge in [-0.05, 0) is 36.4 Å². The van der Waals surface area contributed by atoms with Crippen LogP contribution < -0.4 is 20.0 Å². The van der Waals surface area contributed by atoms with E-state index in [-0.39, 0.29) is 0 Å². The number of pyridine rings is 1. The summed E-state index contributed by atoms with van der Waals surface area (Å²) in [6.07, 6.45) is 3.50. The summed E-state index contributed by atoms with van der Waals surface area (Å²) in [6, 6.07) is 14.5. The number of nitrogens with zero attached hydrogens (tertiary/aromatic N) is 7. The number of rotatable bonds is 5. The zero-order valence-electron chi connectivity index (χ0n) is 18.9. The van der Waals surface area contributed by atoms with Crippen molar-refractivity contribution in [3.63, 3.8) is 0 Å². The fourth-order valence-electron chi connectivity index (χ4n) is 4.44. The van der Waals surface area contributed by atoms with E-state index >= 15 is 0 Å². The molecule has 0 atom stereocenters. The van der Waals surface area contributed by atoms with Gasteiger partial charge in [-0.25, -0.2) is 9.97 Å². The second kappa shape index (κ2) is 9.14. The number of H-pyrrole nitrogens is 1. The van der Waals surface area contributed by atoms with Gasteiger partial charge < -0.3 is 29.7 Å². The van der Waals surface area contributed by atoms with Crippen LogP contribution in [0.2, 0.25) is 0 Å². The molecule has 2 saturated heterocycles. The monoisotopic (exact) mass is 457 g/mol. The van der Waals surface area contributed by atoms with Crippen LogP contribution in [0.15, 0.2) is 55.0 Å². The first-order chi connectivity index (χ1) is 16.8. The molecule has 2 fully saturated rings. The standard InChI is InChI=1S/C24H27N9O/c1-2-8-25-20(3-1)32-9-11-33(12-10-32)24-29-22-21(26-17-27-22)23(30-24)28-18-4-6-19(7-5-18)31-13-15-34-16-14-31/h1-8,17H,9-16H2,(H2,26,27,28,29,30). The number of anilines is 5. The Labute approximate surface area is 197 Å². The largest absolute Gasteiger partial charge is 0.378 e. The van der Waals surface area contributed by atoms with Gasteiger partial charge in [0.05, 0.1) is 19.5 Å². The molecule has 5 heterocycles. The molecule has 0 aliphatic carbocycles. The molecule has 10 heteroatoms. The molecular weight excluding hydrogens is 430 g/mol. The summed E-state index contributed by atoms with van der Waals surface area (Å²) in [5.41, 5.74) is 3.63. The van der Waals surface area contributed by atoms with Crippen molar-refractivity contribution in [2.75, 3.05) is 72.5 Å². The number of nitrogens with one attached hydrogen (secondary N) is 2. The van der Waals surface area contributed by atoms with Crippen molar-refractivity contribution < 1.29 is 4.74 Å². The van der Waals surface area contributed by atoms with Crippen molar-refractivity contribution in [3.8, 4) is 0 Å². The molecule has 2 N–H and O–H groups in total. The first-order valence-electron chi connectivity index (χ1n) is 11.7. The number of imidazole rings is 1. The minimum atomic E-state index is 0.657. The molecule has 0 amide bonds. The number of piperazine rings is 1. The van der Waals surface area contributed by atoms with Gasteiger partial charge in [-0.2, -0.15) is 9.97 Å². The molecule has 0 spiro atoms. The van der Waals surface area contributed by atoms with E-state index in [0.717, 1.165) is 75.3 Å².